The number of nitrogens with two attached hydrogens (primary N) is 1. The maximum Gasteiger partial charge on any atom is 0.238 e. The minimum absolute atomic E-state index is 0.0142. The van der Waals surface area contributed by atoms with Crippen LogP contribution in [0.15, 0.2) is 41.3 Å². The van der Waals surface area contributed by atoms with Gasteiger partial charge in [0, 0.05) is 12.1 Å². The van der Waals surface area contributed by atoms with Crippen molar-refractivity contribution in [2.24, 2.45) is 5.14 Å². The lowest BCUT2D eigenvalue weighted by Crippen LogP contribution is -2.14. The van der Waals surface area contributed by atoms with Gasteiger partial charge in [-0.15, -0.1) is 0 Å². The first kappa shape index (κ1) is 16.4. The predicted molar refractivity (Wildman–Crippen MR) is 81.8 cm³/mol. The molecule has 0 saturated carbocycles. The maximum atomic E-state index is 13.3. The van der Waals surface area contributed by atoms with Gasteiger partial charge in [-0.25, -0.2) is 17.9 Å². The van der Waals surface area contributed by atoms with E-state index in [1.807, 2.05) is 0 Å². The van der Waals surface area contributed by atoms with Gasteiger partial charge < -0.3 is 10.1 Å². The standard InChI is InChI=1S/C15H17FN2O3S/c1-10-7-12(3-5-14(10)16)21-15-6-4-13(22(17,19)20)8-11(15)9-18-2/h3-8,18H,9H2,1-2H3,(H2,17,19,20). The largest absolute Gasteiger partial charge is 0.457 e. The average molecular weight is 324 g/mol. The molecule has 0 heterocycles. The van der Waals surface area contributed by atoms with E-state index >= 15 is 0 Å². The molecule has 7 heteroatoms. The third kappa shape index (κ3) is 3.82. The molecule has 3 N–H and O–H groups in total. The van der Waals surface area contributed by atoms with Crippen molar-refractivity contribution in [3.8, 4) is 11.5 Å². The van der Waals surface area contributed by atoms with Crippen LogP contribution in [0.4, 0.5) is 4.39 Å². The number of sulfonamides is 1. The molecule has 0 aliphatic heterocycles. The normalized spacial score (nSPS) is 11.5. The summed E-state index contributed by atoms with van der Waals surface area (Å²) in [6.07, 6.45) is 0. The van der Waals surface area contributed by atoms with Gasteiger partial charge in [0.05, 0.1) is 4.90 Å². The van der Waals surface area contributed by atoms with Crippen molar-refractivity contribution in [3.05, 3.63) is 53.3 Å². The number of primary sulfonamides is 1. The Hall–Kier alpha value is -1.96. The van der Waals surface area contributed by atoms with Crippen LogP contribution in [0.25, 0.3) is 0 Å². The topological polar surface area (TPSA) is 81.4 Å². The fourth-order valence-corrected chi connectivity index (χ4v) is 2.53. The van der Waals surface area contributed by atoms with Crippen LogP contribution in [0.2, 0.25) is 0 Å². The fraction of sp³-hybridized carbons (Fsp3) is 0.200. The molecule has 0 aliphatic carbocycles. The Labute approximate surface area is 129 Å². The molecule has 0 radical (unpaired) electrons. The van der Waals surface area contributed by atoms with E-state index in [0.717, 1.165) is 0 Å². The molecule has 2 rings (SSSR count). The van der Waals surface area contributed by atoms with E-state index in [1.165, 1.54) is 30.3 Å². The molecule has 0 saturated heterocycles. The number of hydrogen-bond acceptors (Lipinski definition) is 4. The van der Waals surface area contributed by atoms with Gasteiger partial charge in [-0.2, -0.15) is 0 Å². The monoisotopic (exact) mass is 324 g/mol. The average Bonchev–Trinajstić information content (AvgIpc) is 2.44. The second-order valence-corrected chi connectivity index (χ2v) is 6.42. The van der Waals surface area contributed by atoms with Crippen molar-refractivity contribution in [2.45, 2.75) is 18.4 Å². The first-order valence-corrected chi connectivity index (χ1v) is 8.10. The molecule has 118 valence electrons. The van der Waals surface area contributed by atoms with Crippen molar-refractivity contribution in [3.63, 3.8) is 0 Å². The van der Waals surface area contributed by atoms with Gasteiger partial charge in [0.15, 0.2) is 0 Å². The van der Waals surface area contributed by atoms with E-state index in [2.05, 4.69) is 5.32 Å². The zero-order chi connectivity index (χ0) is 16.3. The van der Waals surface area contributed by atoms with Crippen LogP contribution < -0.4 is 15.2 Å². The van der Waals surface area contributed by atoms with E-state index in [4.69, 9.17) is 9.88 Å². The van der Waals surface area contributed by atoms with Gasteiger partial charge in [-0.3, -0.25) is 0 Å². The molecule has 0 bridgehead atoms. The summed E-state index contributed by atoms with van der Waals surface area (Å²) in [4.78, 5) is 0.0142. The van der Waals surface area contributed by atoms with E-state index in [9.17, 15) is 12.8 Å². The zero-order valence-electron chi connectivity index (χ0n) is 12.3. The first-order valence-electron chi connectivity index (χ1n) is 6.55. The van der Waals surface area contributed by atoms with Crippen molar-refractivity contribution in [1.29, 1.82) is 0 Å². The fourth-order valence-electron chi connectivity index (χ4n) is 1.97. The highest BCUT2D eigenvalue weighted by Gasteiger charge is 2.13. The molecule has 0 atom stereocenters. The highest BCUT2D eigenvalue weighted by atomic mass is 32.2. The van der Waals surface area contributed by atoms with Crippen LogP contribution in [-0.2, 0) is 16.6 Å². The summed E-state index contributed by atoms with van der Waals surface area (Å²) in [5, 5.41) is 8.06. The van der Waals surface area contributed by atoms with Crippen molar-refractivity contribution >= 4 is 10.0 Å². The Morgan fingerprint density at radius 3 is 2.55 bits per heavy atom. The Balaban J connectivity index is 2.39. The van der Waals surface area contributed by atoms with Gasteiger partial charge in [0.2, 0.25) is 10.0 Å². The van der Waals surface area contributed by atoms with E-state index in [1.54, 1.807) is 20.0 Å². The third-order valence-corrected chi connectivity index (χ3v) is 4.00. The van der Waals surface area contributed by atoms with Crippen LogP contribution in [0.5, 0.6) is 11.5 Å². The van der Waals surface area contributed by atoms with Crippen LogP contribution in [-0.4, -0.2) is 15.5 Å². The summed E-state index contributed by atoms with van der Waals surface area (Å²) in [5.74, 6) is 0.639. The lowest BCUT2D eigenvalue weighted by atomic mass is 10.2. The molecule has 2 aromatic rings. The lowest BCUT2D eigenvalue weighted by molar-refractivity contribution is 0.471. The minimum atomic E-state index is -3.78. The summed E-state index contributed by atoms with van der Waals surface area (Å²) in [6.45, 7) is 2.04. The summed E-state index contributed by atoms with van der Waals surface area (Å²) in [6, 6.07) is 8.77. The van der Waals surface area contributed by atoms with Crippen molar-refractivity contribution in [2.75, 3.05) is 7.05 Å². The van der Waals surface area contributed by atoms with Crippen LogP contribution in [0.3, 0.4) is 0 Å². The first-order chi connectivity index (χ1) is 10.3. The Morgan fingerprint density at radius 2 is 1.95 bits per heavy atom. The summed E-state index contributed by atoms with van der Waals surface area (Å²) < 4.78 is 41.8. The smallest absolute Gasteiger partial charge is 0.238 e. The molecule has 0 amide bonds. The third-order valence-electron chi connectivity index (χ3n) is 3.08. The molecule has 2 aromatic carbocycles. The molecule has 0 aromatic heterocycles. The van der Waals surface area contributed by atoms with E-state index < -0.39 is 10.0 Å². The number of halogens is 1. The number of ether oxygens (including phenoxy) is 1. The van der Waals surface area contributed by atoms with Crippen molar-refractivity contribution in [1.82, 2.24) is 5.32 Å². The van der Waals surface area contributed by atoms with Crippen LogP contribution in [0, 0.1) is 12.7 Å². The molecule has 0 unspecified atom stereocenters. The molecular weight excluding hydrogens is 307 g/mol. The number of aryl methyl sites for hydroxylation is 1. The highest BCUT2D eigenvalue weighted by Crippen LogP contribution is 2.28. The minimum Gasteiger partial charge on any atom is -0.457 e. The van der Waals surface area contributed by atoms with Crippen LogP contribution >= 0.6 is 0 Å². The van der Waals surface area contributed by atoms with Crippen LogP contribution in [0.1, 0.15) is 11.1 Å². The number of hydrogen-bond donors (Lipinski definition) is 2. The van der Waals surface area contributed by atoms with Gasteiger partial charge in [0.1, 0.15) is 17.3 Å². The van der Waals surface area contributed by atoms with Crippen molar-refractivity contribution < 1.29 is 17.5 Å². The molecule has 22 heavy (non-hydrogen) atoms. The summed E-state index contributed by atoms with van der Waals surface area (Å²) in [5.41, 5.74) is 1.10. The molecule has 0 fully saturated rings. The second-order valence-electron chi connectivity index (χ2n) is 4.86. The van der Waals surface area contributed by atoms with Gasteiger partial charge in [-0.1, -0.05) is 0 Å². The van der Waals surface area contributed by atoms with Gasteiger partial charge in [0.25, 0.3) is 0 Å². The number of benzene rings is 2. The molecule has 0 aliphatic rings. The SMILES string of the molecule is CNCc1cc(S(N)(=O)=O)ccc1Oc1ccc(F)c(C)c1. The summed E-state index contributed by atoms with van der Waals surface area (Å²) >= 11 is 0. The summed E-state index contributed by atoms with van der Waals surface area (Å²) in [7, 11) is -2.05. The van der Waals surface area contributed by atoms with Gasteiger partial charge in [-0.05, 0) is 55.9 Å². The quantitative estimate of drug-likeness (QED) is 0.884. The molecular formula is C15H17FN2O3S. The Morgan fingerprint density at radius 1 is 1.23 bits per heavy atom. The van der Waals surface area contributed by atoms with E-state index in [-0.39, 0.29) is 10.7 Å². The van der Waals surface area contributed by atoms with Gasteiger partial charge >= 0.3 is 0 Å². The predicted octanol–water partition coefficient (Wildman–Crippen LogP) is 2.29. The second kappa shape index (κ2) is 6.43. The molecule has 5 nitrogen and oxygen atoms in total. The lowest BCUT2D eigenvalue weighted by Gasteiger charge is -2.13. The molecule has 0 spiro atoms. The number of nitrogens with one attached hydrogen (secondary N) is 1. The van der Waals surface area contributed by atoms with E-state index in [0.29, 0.717) is 29.2 Å². The maximum absolute atomic E-state index is 13.3. The Bertz CT molecular complexity index is 791. The Kier molecular flexibility index (Phi) is 4.80. The number of rotatable bonds is 5. The zero-order valence-corrected chi connectivity index (χ0v) is 13.1. The highest BCUT2D eigenvalue weighted by molar-refractivity contribution is 7.89.